The zero-order valence-corrected chi connectivity index (χ0v) is 21.6. The topological polar surface area (TPSA) is 67.6 Å². The molecule has 3 aromatic carbocycles. The van der Waals surface area contributed by atoms with Gasteiger partial charge in [-0.2, -0.15) is 0 Å². The van der Waals surface area contributed by atoms with Crippen LogP contribution in [0.2, 0.25) is 0 Å². The van der Waals surface area contributed by atoms with Gasteiger partial charge in [0, 0.05) is 25.5 Å². The molecule has 5 rings (SSSR count). The van der Waals surface area contributed by atoms with Crippen molar-refractivity contribution in [3.05, 3.63) is 131 Å². The van der Waals surface area contributed by atoms with Gasteiger partial charge in [0.15, 0.2) is 0 Å². The zero-order chi connectivity index (χ0) is 26.4. The summed E-state index contributed by atoms with van der Waals surface area (Å²) >= 11 is 0. The van der Waals surface area contributed by atoms with Gasteiger partial charge in [0.1, 0.15) is 12.4 Å². The van der Waals surface area contributed by atoms with Gasteiger partial charge in [-0.1, -0.05) is 91.0 Å². The quantitative estimate of drug-likeness (QED) is 0.272. The Morgan fingerprint density at radius 3 is 2.05 bits per heavy atom. The number of carbonyl (C=O) groups is 1. The number of piperidine rings is 1. The maximum absolute atomic E-state index is 12.1. The molecular formula is C32H33N3O3. The molecule has 4 aromatic rings. The highest BCUT2D eigenvalue weighted by Crippen LogP contribution is 2.44. The molecule has 6 nitrogen and oxygen atoms in total. The lowest BCUT2D eigenvalue weighted by molar-refractivity contribution is -0.143. The van der Waals surface area contributed by atoms with Crippen LogP contribution >= 0.6 is 0 Å². The third-order valence-electron chi connectivity index (χ3n) is 7.19. The van der Waals surface area contributed by atoms with E-state index in [0.29, 0.717) is 31.9 Å². The van der Waals surface area contributed by atoms with Crippen LogP contribution in [0.15, 0.2) is 109 Å². The molecule has 0 radical (unpaired) electrons. The number of benzene rings is 3. The fourth-order valence-corrected chi connectivity index (χ4v) is 5.49. The highest BCUT2D eigenvalue weighted by molar-refractivity contribution is 5.69. The molecule has 6 heteroatoms. The van der Waals surface area contributed by atoms with E-state index in [0.717, 1.165) is 22.3 Å². The van der Waals surface area contributed by atoms with E-state index in [1.165, 1.54) is 0 Å². The summed E-state index contributed by atoms with van der Waals surface area (Å²) in [7, 11) is 0. The second-order valence-corrected chi connectivity index (χ2v) is 9.47. The third-order valence-corrected chi connectivity index (χ3v) is 7.19. The van der Waals surface area contributed by atoms with E-state index < -0.39 is 11.6 Å². The third kappa shape index (κ3) is 5.05. The van der Waals surface area contributed by atoms with Gasteiger partial charge in [-0.3, -0.25) is 9.69 Å². The summed E-state index contributed by atoms with van der Waals surface area (Å²) in [6.07, 6.45) is 5.33. The van der Waals surface area contributed by atoms with Crippen LogP contribution in [-0.2, 0) is 21.6 Å². The Balaban J connectivity index is 1.61. The fraction of sp³-hybridized carbons (Fsp3) is 0.250. The smallest absolute Gasteiger partial charge is 0.325 e. The minimum absolute atomic E-state index is 0.0781. The van der Waals surface area contributed by atoms with Gasteiger partial charge in [-0.25, -0.2) is 4.98 Å². The summed E-state index contributed by atoms with van der Waals surface area (Å²) in [5.41, 5.74) is 3.79. The monoisotopic (exact) mass is 507 g/mol. The molecule has 0 amide bonds. The van der Waals surface area contributed by atoms with Crippen LogP contribution < -0.4 is 0 Å². The van der Waals surface area contributed by atoms with Gasteiger partial charge in [-0.15, -0.1) is 0 Å². The molecule has 1 aromatic heterocycles. The molecule has 194 valence electrons. The molecule has 38 heavy (non-hydrogen) atoms. The Hall–Kier alpha value is -4.00. The summed E-state index contributed by atoms with van der Waals surface area (Å²) in [5.74, 6) is 0.311. The summed E-state index contributed by atoms with van der Waals surface area (Å²) in [6.45, 7) is 3.44. The summed E-state index contributed by atoms with van der Waals surface area (Å²) in [5, 5.41) is 11.1. The van der Waals surface area contributed by atoms with E-state index in [1.54, 1.807) is 23.9 Å². The average molecular weight is 508 g/mol. The molecule has 0 aliphatic carbocycles. The number of rotatable bonds is 8. The van der Waals surface area contributed by atoms with Crippen molar-refractivity contribution in [2.45, 2.75) is 31.5 Å². The van der Waals surface area contributed by atoms with Gasteiger partial charge in [-0.05, 0) is 41.7 Å². The first kappa shape index (κ1) is 25.6. The van der Waals surface area contributed by atoms with Crippen LogP contribution in [0.3, 0.4) is 0 Å². The Morgan fingerprint density at radius 2 is 1.53 bits per heavy atom. The summed E-state index contributed by atoms with van der Waals surface area (Å²) in [4.78, 5) is 19.0. The van der Waals surface area contributed by atoms with Crippen molar-refractivity contribution in [2.75, 3.05) is 19.7 Å². The van der Waals surface area contributed by atoms with Gasteiger partial charge >= 0.3 is 5.97 Å². The first-order chi connectivity index (χ1) is 18.6. The Kier molecular flexibility index (Phi) is 7.82. The van der Waals surface area contributed by atoms with E-state index in [2.05, 4.69) is 82.7 Å². The molecule has 1 saturated heterocycles. The predicted molar refractivity (Wildman–Crippen MR) is 148 cm³/mol. The number of aromatic nitrogens is 2. The van der Waals surface area contributed by atoms with E-state index >= 15 is 0 Å². The standard InChI is InChI=1S/C32H33N3O3/c1-2-38-31(37)24-34-21-19-33-30(34)22-25-23-35(20-18-29(25)36)32(26-12-6-3-7-13-26,27-14-8-4-9-15-27)28-16-10-5-11-17-28/h3-17,19,21-22,29,36H,2,18,20,23-24H2,1H3/b25-22-. The normalized spacial score (nSPS) is 17.4. The van der Waals surface area contributed by atoms with E-state index in [4.69, 9.17) is 4.74 Å². The fourth-order valence-electron chi connectivity index (χ4n) is 5.49. The molecule has 0 bridgehead atoms. The lowest BCUT2D eigenvalue weighted by Gasteiger charge is -2.48. The number of aliphatic hydroxyl groups is 1. The number of hydrogen-bond donors (Lipinski definition) is 1. The zero-order valence-electron chi connectivity index (χ0n) is 21.6. The number of esters is 1. The summed E-state index contributed by atoms with van der Waals surface area (Å²) < 4.78 is 6.88. The van der Waals surface area contributed by atoms with Crippen molar-refractivity contribution in [3.63, 3.8) is 0 Å². The molecule has 1 unspecified atom stereocenters. The van der Waals surface area contributed by atoms with Crippen LogP contribution in [0.4, 0.5) is 0 Å². The van der Waals surface area contributed by atoms with E-state index in [1.807, 2.05) is 24.3 Å². The minimum atomic E-state index is -0.598. The van der Waals surface area contributed by atoms with Gasteiger partial charge < -0.3 is 14.4 Å². The van der Waals surface area contributed by atoms with Crippen LogP contribution in [0.25, 0.3) is 6.08 Å². The first-order valence-corrected chi connectivity index (χ1v) is 13.1. The average Bonchev–Trinajstić information content (AvgIpc) is 3.39. The van der Waals surface area contributed by atoms with Crippen LogP contribution in [0.1, 0.15) is 35.9 Å². The first-order valence-electron chi connectivity index (χ1n) is 13.1. The number of aliphatic hydroxyl groups excluding tert-OH is 1. The molecule has 1 aliphatic heterocycles. The Bertz CT molecular complexity index is 1270. The van der Waals surface area contributed by atoms with Crippen molar-refractivity contribution >= 4 is 12.0 Å². The minimum Gasteiger partial charge on any atom is -0.465 e. The second kappa shape index (κ2) is 11.6. The molecule has 2 heterocycles. The number of carbonyl (C=O) groups excluding carboxylic acids is 1. The van der Waals surface area contributed by atoms with E-state index in [-0.39, 0.29) is 12.5 Å². The largest absolute Gasteiger partial charge is 0.465 e. The lowest BCUT2D eigenvalue weighted by atomic mass is 9.74. The van der Waals surface area contributed by atoms with Crippen molar-refractivity contribution in [3.8, 4) is 0 Å². The van der Waals surface area contributed by atoms with Gasteiger partial charge in [0.2, 0.25) is 0 Å². The van der Waals surface area contributed by atoms with Crippen molar-refractivity contribution in [2.24, 2.45) is 0 Å². The number of hydrogen-bond acceptors (Lipinski definition) is 5. The van der Waals surface area contributed by atoms with Crippen molar-refractivity contribution < 1.29 is 14.6 Å². The molecule has 1 aliphatic rings. The summed E-state index contributed by atoms with van der Waals surface area (Å²) in [6, 6.07) is 31.7. The number of nitrogens with zero attached hydrogens (tertiary/aromatic N) is 3. The second-order valence-electron chi connectivity index (χ2n) is 9.47. The predicted octanol–water partition coefficient (Wildman–Crippen LogP) is 4.89. The number of likely N-dealkylation sites (tertiary alicyclic amines) is 1. The molecule has 1 fully saturated rings. The highest BCUT2D eigenvalue weighted by Gasteiger charge is 2.44. The molecule has 1 N–H and O–H groups in total. The van der Waals surface area contributed by atoms with Crippen molar-refractivity contribution in [1.29, 1.82) is 0 Å². The molecule has 0 saturated carbocycles. The molecule has 0 spiro atoms. The SMILES string of the molecule is CCOC(=O)Cn1ccnc1/C=C1/CN(C(c2ccccc2)(c2ccccc2)c2ccccc2)CCC1O. The molecule has 1 atom stereocenters. The van der Waals surface area contributed by atoms with Crippen LogP contribution in [0.5, 0.6) is 0 Å². The van der Waals surface area contributed by atoms with E-state index in [9.17, 15) is 9.90 Å². The molecular weight excluding hydrogens is 474 g/mol. The van der Waals surface area contributed by atoms with Crippen LogP contribution in [0, 0.1) is 0 Å². The number of imidazole rings is 1. The van der Waals surface area contributed by atoms with Gasteiger partial charge in [0.25, 0.3) is 0 Å². The lowest BCUT2D eigenvalue weighted by Crippen LogP contribution is -2.52. The highest BCUT2D eigenvalue weighted by atomic mass is 16.5. The maximum Gasteiger partial charge on any atom is 0.325 e. The number of ether oxygens (including phenoxy) is 1. The Labute approximate surface area is 223 Å². The maximum atomic E-state index is 12.1. The van der Waals surface area contributed by atoms with Crippen LogP contribution in [-0.4, -0.2) is 51.3 Å². The Morgan fingerprint density at radius 1 is 0.974 bits per heavy atom. The van der Waals surface area contributed by atoms with Crippen molar-refractivity contribution in [1.82, 2.24) is 14.5 Å². The van der Waals surface area contributed by atoms with Gasteiger partial charge in [0.05, 0.1) is 18.2 Å².